The Morgan fingerprint density at radius 2 is 1.52 bits per heavy atom. The van der Waals surface area contributed by atoms with Crippen LogP contribution in [0.25, 0.3) is 0 Å². The number of alkyl halides is 6. The van der Waals surface area contributed by atoms with Gasteiger partial charge in [0, 0.05) is 12.5 Å². The summed E-state index contributed by atoms with van der Waals surface area (Å²) in [6.07, 6.45) is -11.8. The van der Waals surface area contributed by atoms with E-state index in [0.717, 1.165) is 12.1 Å². The average Bonchev–Trinajstić information content (AvgIpc) is 2.66. The summed E-state index contributed by atoms with van der Waals surface area (Å²) >= 11 is 0. The molecule has 0 spiro atoms. The lowest BCUT2D eigenvalue weighted by Gasteiger charge is -2.16. The van der Waals surface area contributed by atoms with Crippen LogP contribution in [0.15, 0.2) is 36.4 Å². The molecule has 2 N–H and O–H groups in total. The van der Waals surface area contributed by atoms with E-state index in [4.69, 9.17) is 0 Å². The van der Waals surface area contributed by atoms with Crippen LogP contribution >= 0.6 is 0 Å². The largest absolute Gasteiger partial charge is 0.480 e. The SMILES string of the molecule is O=C(Cc1cc(C(F)(F)F)cc(C(F)(F)F)c1)N[C@@H](Cc1ccc(F)c([N+](=O)[O-])c1)C(=O)O. The number of aliphatic carboxylic acids is 1. The second kappa shape index (κ2) is 9.42. The molecule has 0 radical (unpaired) electrons. The molecule has 0 fully saturated rings. The minimum absolute atomic E-state index is 0.0609. The van der Waals surface area contributed by atoms with E-state index in [0.29, 0.717) is 18.2 Å². The predicted molar refractivity (Wildman–Crippen MR) is 96.5 cm³/mol. The molecule has 0 unspecified atom stereocenters. The van der Waals surface area contributed by atoms with Crippen molar-refractivity contribution in [3.05, 3.63) is 74.6 Å². The second-order valence-electron chi connectivity index (χ2n) is 6.80. The molecular weight excluding hydrogens is 469 g/mol. The quantitative estimate of drug-likeness (QED) is 0.351. The number of hydrogen-bond acceptors (Lipinski definition) is 4. The molecule has 2 aromatic carbocycles. The molecule has 1 atom stereocenters. The van der Waals surface area contributed by atoms with E-state index in [1.54, 1.807) is 0 Å². The maximum Gasteiger partial charge on any atom is 0.416 e. The Bertz CT molecular complexity index is 1050. The van der Waals surface area contributed by atoms with E-state index in [1.807, 2.05) is 5.32 Å². The summed E-state index contributed by atoms with van der Waals surface area (Å²) in [6.45, 7) is 0. The number of carboxylic acids is 1. The summed E-state index contributed by atoms with van der Waals surface area (Å²) in [5.41, 5.74) is -4.97. The minimum atomic E-state index is -5.13. The zero-order chi connectivity index (χ0) is 25.1. The molecule has 0 heterocycles. The van der Waals surface area contributed by atoms with Gasteiger partial charge in [-0.2, -0.15) is 30.7 Å². The van der Waals surface area contributed by atoms with Gasteiger partial charge in [-0.25, -0.2) is 4.79 Å². The molecule has 33 heavy (non-hydrogen) atoms. The number of halogens is 7. The molecule has 1 amide bonds. The van der Waals surface area contributed by atoms with Crippen LogP contribution in [0.1, 0.15) is 22.3 Å². The summed E-state index contributed by atoms with van der Waals surface area (Å²) in [4.78, 5) is 33.3. The topological polar surface area (TPSA) is 110 Å². The molecule has 0 aliphatic rings. The van der Waals surface area contributed by atoms with Gasteiger partial charge in [0.2, 0.25) is 11.7 Å². The van der Waals surface area contributed by atoms with Crippen molar-refractivity contribution < 1.29 is 50.4 Å². The third kappa shape index (κ3) is 6.89. The summed E-state index contributed by atoms with van der Waals surface area (Å²) < 4.78 is 91.0. The van der Waals surface area contributed by atoms with Crippen molar-refractivity contribution in [1.29, 1.82) is 0 Å². The average molecular weight is 482 g/mol. The molecule has 0 aromatic heterocycles. The van der Waals surface area contributed by atoms with Crippen LogP contribution < -0.4 is 5.32 Å². The highest BCUT2D eigenvalue weighted by atomic mass is 19.4. The van der Waals surface area contributed by atoms with E-state index in [2.05, 4.69) is 0 Å². The van der Waals surface area contributed by atoms with Crippen LogP contribution in [-0.4, -0.2) is 27.9 Å². The van der Waals surface area contributed by atoms with Gasteiger partial charge in [0.25, 0.3) is 0 Å². The van der Waals surface area contributed by atoms with Crippen molar-refractivity contribution in [1.82, 2.24) is 5.32 Å². The molecule has 0 aliphatic carbocycles. The lowest BCUT2D eigenvalue weighted by atomic mass is 10.0. The molecule has 7 nitrogen and oxygen atoms in total. The van der Waals surface area contributed by atoms with Gasteiger partial charge in [0.15, 0.2) is 0 Å². The Morgan fingerprint density at radius 3 is 1.97 bits per heavy atom. The van der Waals surface area contributed by atoms with Crippen molar-refractivity contribution in [3.63, 3.8) is 0 Å². The van der Waals surface area contributed by atoms with Crippen molar-refractivity contribution in [2.24, 2.45) is 0 Å². The number of benzene rings is 2. The number of carbonyl (C=O) groups is 2. The highest BCUT2D eigenvalue weighted by molar-refractivity contribution is 5.85. The lowest BCUT2D eigenvalue weighted by Crippen LogP contribution is -2.43. The van der Waals surface area contributed by atoms with Gasteiger partial charge in [0.05, 0.1) is 22.5 Å². The monoisotopic (exact) mass is 482 g/mol. The van der Waals surface area contributed by atoms with E-state index in [-0.39, 0.29) is 11.6 Å². The fourth-order valence-corrected chi connectivity index (χ4v) is 2.81. The van der Waals surface area contributed by atoms with Crippen LogP contribution in [0.2, 0.25) is 0 Å². The first-order valence-electron chi connectivity index (χ1n) is 8.81. The Balaban J connectivity index is 2.25. The van der Waals surface area contributed by atoms with Gasteiger partial charge in [-0.05, 0) is 35.4 Å². The summed E-state index contributed by atoms with van der Waals surface area (Å²) in [5, 5.41) is 22.0. The normalized spacial score (nSPS) is 12.8. The predicted octanol–water partition coefficient (Wildman–Crippen LogP) is 4.13. The van der Waals surface area contributed by atoms with Crippen LogP contribution in [-0.2, 0) is 34.8 Å². The minimum Gasteiger partial charge on any atom is -0.480 e. The van der Waals surface area contributed by atoms with Crippen molar-refractivity contribution in [2.75, 3.05) is 0 Å². The van der Waals surface area contributed by atoms with Crippen LogP contribution in [0.3, 0.4) is 0 Å². The Morgan fingerprint density at radius 1 is 0.970 bits per heavy atom. The Labute approximate surface area is 180 Å². The van der Waals surface area contributed by atoms with Gasteiger partial charge in [-0.1, -0.05) is 6.07 Å². The van der Waals surface area contributed by atoms with Crippen molar-refractivity contribution in [2.45, 2.75) is 31.2 Å². The maximum atomic E-state index is 13.4. The molecule has 178 valence electrons. The van der Waals surface area contributed by atoms with Crippen LogP contribution in [0, 0.1) is 15.9 Å². The number of rotatable bonds is 7. The third-order valence-electron chi connectivity index (χ3n) is 4.29. The highest BCUT2D eigenvalue weighted by Gasteiger charge is 2.37. The molecule has 14 heteroatoms. The fourth-order valence-electron chi connectivity index (χ4n) is 2.81. The molecular formula is C19H13F7N2O5. The Kier molecular flexibility index (Phi) is 7.29. The van der Waals surface area contributed by atoms with E-state index < -0.39 is 76.2 Å². The van der Waals surface area contributed by atoms with Gasteiger partial charge in [-0.3, -0.25) is 14.9 Å². The molecule has 2 aromatic rings. The smallest absolute Gasteiger partial charge is 0.416 e. The first kappa shape index (κ1) is 25.5. The standard InChI is InChI=1S/C19H13F7N2O5/c20-13-2-1-9(6-15(13)28(32)33)5-14(17(30)31)27-16(29)7-10-3-11(18(21,22)23)8-12(4-10)19(24,25)26/h1-4,6,8,14H,5,7H2,(H,27,29)(H,30,31)/t14-/m0/s1. The number of nitrogens with zero attached hydrogens (tertiary/aromatic N) is 1. The number of nitrogens with one attached hydrogen (secondary N) is 1. The summed E-state index contributed by atoms with van der Waals surface area (Å²) in [6, 6.07) is 1.24. The van der Waals surface area contributed by atoms with E-state index in [9.17, 15) is 55.5 Å². The molecule has 0 bridgehead atoms. The second-order valence-corrected chi connectivity index (χ2v) is 6.80. The first-order chi connectivity index (χ1) is 15.1. The van der Waals surface area contributed by atoms with Crippen molar-refractivity contribution in [3.8, 4) is 0 Å². The van der Waals surface area contributed by atoms with Crippen LogP contribution in [0.4, 0.5) is 36.4 Å². The zero-order valence-corrected chi connectivity index (χ0v) is 16.1. The van der Waals surface area contributed by atoms with Crippen LogP contribution in [0.5, 0.6) is 0 Å². The van der Waals surface area contributed by atoms with E-state index in [1.165, 1.54) is 0 Å². The molecule has 0 saturated carbocycles. The number of carboxylic acid groups (broad SMARTS) is 1. The van der Waals surface area contributed by atoms with Gasteiger partial charge >= 0.3 is 24.0 Å². The number of hydrogen-bond donors (Lipinski definition) is 2. The number of nitro groups is 1. The number of carbonyl (C=O) groups excluding carboxylic acids is 1. The number of amides is 1. The van der Waals surface area contributed by atoms with E-state index >= 15 is 0 Å². The van der Waals surface area contributed by atoms with Gasteiger partial charge in [-0.15, -0.1) is 0 Å². The first-order valence-corrected chi connectivity index (χ1v) is 8.81. The maximum absolute atomic E-state index is 13.4. The zero-order valence-electron chi connectivity index (χ0n) is 16.1. The van der Waals surface area contributed by atoms with Crippen molar-refractivity contribution >= 4 is 17.6 Å². The Hall–Kier alpha value is -3.71. The third-order valence-corrected chi connectivity index (χ3v) is 4.29. The number of nitro benzene ring substituents is 1. The molecule has 0 saturated heterocycles. The summed E-state index contributed by atoms with van der Waals surface area (Å²) in [5.74, 6) is -4.05. The van der Waals surface area contributed by atoms with Gasteiger partial charge < -0.3 is 10.4 Å². The molecule has 2 rings (SSSR count). The lowest BCUT2D eigenvalue weighted by molar-refractivity contribution is -0.387. The van der Waals surface area contributed by atoms with Gasteiger partial charge in [0.1, 0.15) is 6.04 Å². The highest BCUT2D eigenvalue weighted by Crippen LogP contribution is 2.36. The molecule has 0 aliphatic heterocycles. The fraction of sp³-hybridized carbons (Fsp3) is 0.263. The summed E-state index contributed by atoms with van der Waals surface area (Å²) in [7, 11) is 0.